The summed E-state index contributed by atoms with van der Waals surface area (Å²) in [5.41, 5.74) is 1.84. The minimum atomic E-state index is -2.80. The minimum absolute atomic E-state index is 0.129. The number of nitrogens with zero attached hydrogens (tertiary/aromatic N) is 1. The first-order valence-electron chi connectivity index (χ1n) is 8.41. The molecule has 2 N–H and O–H groups in total. The zero-order chi connectivity index (χ0) is 20.3. The van der Waals surface area contributed by atoms with Gasteiger partial charge in [-0.25, -0.2) is 13.6 Å². The largest absolute Gasteiger partial charge is 0.492 e. The van der Waals surface area contributed by atoms with E-state index in [4.69, 9.17) is 21.4 Å². The number of alkyl halides is 2. The van der Waals surface area contributed by atoms with E-state index < -0.39 is 31.0 Å². The van der Waals surface area contributed by atoms with Crippen molar-refractivity contribution in [2.45, 2.75) is 5.92 Å². The van der Waals surface area contributed by atoms with Crippen LogP contribution < -0.4 is 10.1 Å². The third-order valence-corrected chi connectivity index (χ3v) is 4.33. The minimum Gasteiger partial charge on any atom is -0.492 e. The number of likely N-dealkylation sites (tertiary alicyclic amines) is 1. The first-order valence-corrected chi connectivity index (χ1v) is 8.79. The molecule has 0 aromatic heterocycles. The molecular formula is C19H17ClF2N2O4. The second kappa shape index (κ2) is 8.02. The summed E-state index contributed by atoms with van der Waals surface area (Å²) < 4.78 is 31.3. The first-order chi connectivity index (χ1) is 13.2. The molecule has 0 unspecified atom stereocenters. The maximum Gasteiger partial charge on any atom is 0.404 e. The molecule has 2 aromatic carbocycles. The van der Waals surface area contributed by atoms with E-state index in [1.807, 2.05) is 0 Å². The Morgan fingerprint density at radius 3 is 2.43 bits per heavy atom. The lowest BCUT2D eigenvalue weighted by molar-refractivity contribution is -0.113. The predicted molar refractivity (Wildman–Crippen MR) is 99.3 cm³/mol. The number of carbonyl (C=O) groups is 2. The molecule has 28 heavy (non-hydrogen) atoms. The molecule has 1 fully saturated rings. The molecule has 0 radical (unpaired) electrons. The van der Waals surface area contributed by atoms with Crippen LogP contribution in [0.2, 0.25) is 5.02 Å². The van der Waals surface area contributed by atoms with Crippen molar-refractivity contribution >= 4 is 23.6 Å². The van der Waals surface area contributed by atoms with Gasteiger partial charge in [-0.05, 0) is 41.5 Å². The van der Waals surface area contributed by atoms with E-state index in [0.29, 0.717) is 16.3 Å². The van der Waals surface area contributed by atoms with Crippen molar-refractivity contribution in [3.05, 3.63) is 53.1 Å². The van der Waals surface area contributed by atoms with Gasteiger partial charge in [0.25, 0.3) is 11.8 Å². The smallest absolute Gasteiger partial charge is 0.404 e. The van der Waals surface area contributed by atoms with E-state index in [-0.39, 0.29) is 13.2 Å². The van der Waals surface area contributed by atoms with Crippen molar-refractivity contribution in [2.24, 2.45) is 0 Å². The van der Waals surface area contributed by atoms with Crippen LogP contribution in [-0.4, -0.2) is 54.2 Å². The predicted octanol–water partition coefficient (Wildman–Crippen LogP) is 3.74. The second-order valence-corrected chi connectivity index (χ2v) is 6.79. The van der Waals surface area contributed by atoms with Gasteiger partial charge in [0.05, 0.1) is 19.6 Å². The summed E-state index contributed by atoms with van der Waals surface area (Å²) in [6.45, 7) is -0.845. The summed E-state index contributed by atoms with van der Waals surface area (Å²) >= 11 is 6.12. The molecule has 2 aromatic rings. The first kappa shape index (κ1) is 19.9. The van der Waals surface area contributed by atoms with Crippen LogP contribution in [0.25, 0.3) is 11.1 Å². The van der Waals surface area contributed by atoms with Crippen molar-refractivity contribution in [2.75, 3.05) is 26.2 Å². The molecule has 1 aliphatic rings. The molecule has 6 nitrogen and oxygen atoms in total. The molecule has 1 heterocycles. The van der Waals surface area contributed by atoms with Gasteiger partial charge in [-0.15, -0.1) is 0 Å². The molecule has 1 aliphatic heterocycles. The Hall–Kier alpha value is -2.87. The van der Waals surface area contributed by atoms with Crippen molar-refractivity contribution in [1.29, 1.82) is 0 Å². The van der Waals surface area contributed by atoms with Gasteiger partial charge in [-0.1, -0.05) is 23.7 Å². The summed E-state index contributed by atoms with van der Waals surface area (Å²) in [5, 5.41) is 11.2. The highest BCUT2D eigenvalue weighted by Crippen LogP contribution is 2.30. The lowest BCUT2D eigenvalue weighted by atomic mass is 10.0. The van der Waals surface area contributed by atoms with E-state index in [1.165, 1.54) is 0 Å². The number of nitrogens with one attached hydrogen (secondary N) is 1. The van der Waals surface area contributed by atoms with E-state index in [9.17, 15) is 18.4 Å². The van der Waals surface area contributed by atoms with E-state index in [1.54, 1.807) is 42.5 Å². The number of rotatable bonds is 6. The highest BCUT2D eigenvalue weighted by Gasteiger charge is 2.46. The van der Waals surface area contributed by atoms with E-state index in [2.05, 4.69) is 5.32 Å². The lowest BCUT2D eigenvalue weighted by Gasteiger charge is -2.38. The summed E-state index contributed by atoms with van der Waals surface area (Å²) in [6.07, 6.45) is -1.13. The van der Waals surface area contributed by atoms with Gasteiger partial charge in [0.2, 0.25) is 0 Å². The van der Waals surface area contributed by atoms with Gasteiger partial charge < -0.3 is 20.1 Å². The van der Waals surface area contributed by atoms with Crippen LogP contribution in [0.1, 0.15) is 10.4 Å². The Morgan fingerprint density at radius 1 is 1.14 bits per heavy atom. The van der Waals surface area contributed by atoms with E-state index >= 15 is 0 Å². The number of amides is 2. The van der Waals surface area contributed by atoms with Crippen LogP contribution in [0.5, 0.6) is 5.75 Å². The Bertz CT molecular complexity index is 882. The van der Waals surface area contributed by atoms with Crippen molar-refractivity contribution < 1.29 is 28.2 Å². The highest BCUT2D eigenvalue weighted by molar-refractivity contribution is 6.31. The van der Waals surface area contributed by atoms with Crippen molar-refractivity contribution in [3.63, 3.8) is 0 Å². The van der Waals surface area contributed by atoms with Gasteiger partial charge in [0.1, 0.15) is 12.4 Å². The molecule has 9 heteroatoms. The summed E-state index contributed by atoms with van der Waals surface area (Å²) in [7, 11) is 0. The molecule has 2 amide bonds. The van der Waals surface area contributed by atoms with E-state index in [0.717, 1.165) is 16.0 Å². The Labute approximate surface area is 164 Å². The standard InChI is InChI=1S/C19H17ClF2N2O4/c20-15-7-14(8-16(9-15)28-6-5-23-18(26)27)12-1-3-13(4-2-12)17(25)24-10-19(21,22)11-24/h1-4,7-9,23H,5-6,10-11H2,(H,26,27). The maximum absolute atomic E-state index is 12.9. The molecule has 0 spiro atoms. The normalized spacial score (nSPS) is 14.9. The molecule has 0 aliphatic carbocycles. The van der Waals surface area contributed by atoms with Crippen LogP contribution in [-0.2, 0) is 0 Å². The zero-order valence-corrected chi connectivity index (χ0v) is 15.4. The van der Waals surface area contributed by atoms with Gasteiger partial charge >= 0.3 is 6.09 Å². The van der Waals surface area contributed by atoms with Crippen LogP contribution >= 0.6 is 11.6 Å². The molecule has 3 rings (SSSR count). The number of carbonyl (C=O) groups excluding carboxylic acids is 1. The van der Waals surface area contributed by atoms with Gasteiger partial charge in [0.15, 0.2) is 0 Å². The summed E-state index contributed by atoms with van der Waals surface area (Å²) in [5.74, 6) is -2.76. The third-order valence-electron chi connectivity index (χ3n) is 4.12. The quantitative estimate of drug-likeness (QED) is 0.711. The Balaban J connectivity index is 1.67. The molecule has 148 valence electrons. The number of benzene rings is 2. The topological polar surface area (TPSA) is 78.9 Å². The molecular weight excluding hydrogens is 394 g/mol. The average molecular weight is 411 g/mol. The third kappa shape index (κ3) is 4.89. The average Bonchev–Trinajstić information content (AvgIpc) is 2.62. The van der Waals surface area contributed by atoms with Crippen LogP contribution in [0.3, 0.4) is 0 Å². The van der Waals surface area contributed by atoms with Gasteiger partial charge in [0, 0.05) is 10.6 Å². The van der Waals surface area contributed by atoms with Gasteiger partial charge in [-0.2, -0.15) is 0 Å². The number of halogens is 3. The van der Waals surface area contributed by atoms with Crippen molar-refractivity contribution in [3.8, 4) is 16.9 Å². The Morgan fingerprint density at radius 2 is 1.82 bits per heavy atom. The molecule has 1 saturated heterocycles. The number of hydrogen-bond acceptors (Lipinski definition) is 3. The summed E-state index contributed by atoms with van der Waals surface area (Å²) in [4.78, 5) is 23.7. The monoisotopic (exact) mass is 410 g/mol. The molecule has 0 saturated carbocycles. The molecule has 0 atom stereocenters. The van der Waals surface area contributed by atoms with Crippen LogP contribution in [0.4, 0.5) is 13.6 Å². The van der Waals surface area contributed by atoms with Crippen molar-refractivity contribution in [1.82, 2.24) is 10.2 Å². The van der Waals surface area contributed by atoms with Crippen LogP contribution in [0.15, 0.2) is 42.5 Å². The lowest BCUT2D eigenvalue weighted by Crippen LogP contribution is -2.58. The number of ether oxygens (including phenoxy) is 1. The fourth-order valence-corrected chi connectivity index (χ4v) is 3.01. The number of hydrogen-bond donors (Lipinski definition) is 2. The highest BCUT2D eigenvalue weighted by atomic mass is 35.5. The Kier molecular flexibility index (Phi) is 5.69. The molecule has 0 bridgehead atoms. The number of carboxylic acid groups (broad SMARTS) is 1. The van der Waals surface area contributed by atoms with Crippen LogP contribution in [0, 0.1) is 0 Å². The fourth-order valence-electron chi connectivity index (χ4n) is 2.78. The summed E-state index contributed by atoms with van der Waals surface area (Å²) in [6, 6.07) is 11.6. The SMILES string of the molecule is O=C(O)NCCOc1cc(Cl)cc(-c2ccc(C(=O)N3CC(F)(F)C3)cc2)c1. The second-order valence-electron chi connectivity index (χ2n) is 6.35. The fraction of sp³-hybridized carbons (Fsp3) is 0.263. The zero-order valence-electron chi connectivity index (χ0n) is 14.6. The maximum atomic E-state index is 12.9. The van der Waals surface area contributed by atoms with Gasteiger partial charge in [-0.3, -0.25) is 4.79 Å².